The van der Waals surface area contributed by atoms with Crippen LogP contribution in [-0.2, 0) is 16.0 Å². The van der Waals surface area contributed by atoms with Crippen molar-refractivity contribution in [3.05, 3.63) is 41.0 Å². The molecule has 0 saturated heterocycles. The lowest BCUT2D eigenvalue weighted by atomic mass is 9.87. The maximum absolute atomic E-state index is 11.3. The molecule has 134 valence electrons. The number of hydrogen-bond donors (Lipinski definition) is 1. The number of carbonyl (C=O) groups is 1. The fourth-order valence-electron chi connectivity index (χ4n) is 3.88. The van der Waals surface area contributed by atoms with Crippen LogP contribution in [0.3, 0.4) is 0 Å². The van der Waals surface area contributed by atoms with Gasteiger partial charge in [0.25, 0.3) is 0 Å². The van der Waals surface area contributed by atoms with Gasteiger partial charge in [-0.25, -0.2) is 0 Å². The van der Waals surface area contributed by atoms with E-state index in [9.17, 15) is 4.79 Å². The molecule has 1 aromatic rings. The maximum Gasteiger partial charge on any atom is 0.302 e. The van der Waals surface area contributed by atoms with Gasteiger partial charge in [0.05, 0.1) is 20.3 Å². The van der Waals surface area contributed by atoms with E-state index in [2.05, 4.69) is 29.6 Å². The second kappa shape index (κ2) is 6.82. The first-order valence-electron chi connectivity index (χ1n) is 8.54. The molecule has 1 aliphatic heterocycles. The zero-order valence-corrected chi connectivity index (χ0v) is 15.4. The van der Waals surface area contributed by atoms with Crippen molar-refractivity contribution in [3.8, 4) is 11.5 Å². The van der Waals surface area contributed by atoms with E-state index >= 15 is 0 Å². The first kappa shape index (κ1) is 17.4. The minimum absolute atomic E-state index is 0.197. The van der Waals surface area contributed by atoms with E-state index in [-0.39, 0.29) is 24.0 Å². The molecule has 1 heterocycles. The van der Waals surface area contributed by atoms with Crippen molar-refractivity contribution in [1.82, 2.24) is 0 Å². The predicted octanol–water partition coefficient (Wildman–Crippen LogP) is 3.51. The molecule has 5 heteroatoms. The van der Waals surface area contributed by atoms with Crippen molar-refractivity contribution in [2.45, 2.75) is 45.3 Å². The Hall–Kier alpha value is -2.43. The van der Waals surface area contributed by atoms with Crippen LogP contribution >= 0.6 is 0 Å². The Labute approximate surface area is 148 Å². The summed E-state index contributed by atoms with van der Waals surface area (Å²) in [4.78, 5) is 11.3. The van der Waals surface area contributed by atoms with Crippen molar-refractivity contribution >= 4 is 11.7 Å². The summed E-state index contributed by atoms with van der Waals surface area (Å²) in [5, 5.41) is 3.62. The molecular formula is C20H25NO4. The highest BCUT2D eigenvalue weighted by molar-refractivity contribution is 5.77. The Kier molecular flexibility index (Phi) is 4.75. The molecule has 0 bridgehead atoms. The summed E-state index contributed by atoms with van der Waals surface area (Å²) in [6.07, 6.45) is 8.86. The molecule has 0 fully saturated rings. The number of hydrogen-bond acceptors (Lipinski definition) is 5. The largest absolute Gasteiger partial charge is 0.493 e. The van der Waals surface area contributed by atoms with E-state index in [0.29, 0.717) is 6.42 Å². The van der Waals surface area contributed by atoms with E-state index in [4.69, 9.17) is 14.2 Å². The fraction of sp³-hybridized carbons (Fsp3) is 0.450. The molecule has 1 aliphatic carbocycles. The van der Waals surface area contributed by atoms with Crippen LogP contribution in [-0.4, -0.2) is 32.3 Å². The first-order valence-corrected chi connectivity index (χ1v) is 8.54. The van der Waals surface area contributed by atoms with Gasteiger partial charge in [0.1, 0.15) is 6.10 Å². The molecule has 1 aromatic carbocycles. The minimum atomic E-state index is -0.269. The Morgan fingerprint density at radius 3 is 2.52 bits per heavy atom. The average molecular weight is 343 g/mol. The fourth-order valence-corrected chi connectivity index (χ4v) is 3.88. The van der Waals surface area contributed by atoms with E-state index in [0.717, 1.165) is 33.9 Å². The summed E-state index contributed by atoms with van der Waals surface area (Å²) in [5.41, 5.74) is 4.30. The van der Waals surface area contributed by atoms with E-state index in [1.165, 1.54) is 6.92 Å². The molecule has 0 amide bonds. The normalized spacial score (nSPS) is 21.2. The van der Waals surface area contributed by atoms with Gasteiger partial charge in [-0.3, -0.25) is 4.79 Å². The van der Waals surface area contributed by atoms with E-state index < -0.39 is 0 Å². The second-order valence-corrected chi connectivity index (χ2v) is 6.55. The standard InChI is InChI=1S/C20H25NO4/c1-11(25-13(3)22)10-15-12(2)19(23-4)20(24-5)17-14-8-6-7-9-16(14)21-18(15)17/h6-9,11,14,16,21H,10H2,1-5H3/t11-,14+,16-/m1/s1. The van der Waals surface area contributed by atoms with Crippen LogP contribution in [0.4, 0.5) is 5.69 Å². The Bertz CT molecular complexity index is 751. The topological polar surface area (TPSA) is 56.8 Å². The van der Waals surface area contributed by atoms with Gasteiger partial charge in [0, 0.05) is 36.1 Å². The zero-order chi connectivity index (χ0) is 18.1. The molecule has 25 heavy (non-hydrogen) atoms. The van der Waals surface area contributed by atoms with Crippen LogP contribution in [0.25, 0.3) is 0 Å². The molecule has 3 rings (SSSR count). The molecule has 0 aromatic heterocycles. The quantitative estimate of drug-likeness (QED) is 0.829. The summed E-state index contributed by atoms with van der Waals surface area (Å²) in [5.74, 6) is 1.46. The highest BCUT2D eigenvalue weighted by Crippen LogP contribution is 2.52. The lowest BCUT2D eigenvalue weighted by Gasteiger charge is -2.22. The third-order valence-corrected chi connectivity index (χ3v) is 4.86. The highest BCUT2D eigenvalue weighted by atomic mass is 16.5. The summed E-state index contributed by atoms with van der Waals surface area (Å²) in [6, 6.07) is 0.197. The van der Waals surface area contributed by atoms with Gasteiger partial charge in [-0.15, -0.1) is 0 Å². The molecule has 1 N–H and O–H groups in total. The van der Waals surface area contributed by atoms with Crippen LogP contribution in [0.1, 0.15) is 36.5 Å². The summed E-state index contributed by atoms with van der Waals surface area (Å²) in [7, 11) is 3.33. The predicted molar refractivity (Wildman–Crippen MR) is 97.6 cm³/mol. The van der Waals surface area contributed by atoms with Crippen LogP contribution in [0, 0.1) is 6.92 Å². The zero-order valence-electron chi connectivity index (χ0n) is 15.4. The van der Waals surface area contributed by atoms with Crippen molar-refractivity contribution < 1.29 is 19.0 Å². The van der Waals surface area contributed by atoms with Crippen LogP contribution in [0.5, 0.6) is 11.5 Å². The van der Waals surface area contributed by atoms with E-state index in [1.54, 1.807) is 14.2 Å². The third kappa shape index (κ3) is 2.99. The maximum atomic E-state index is 11.3. The van der Waals surface area contributed by atoms with Crippen molar-refractivity contribution in [2.24, 2.45) is 0 Å². The number of fused-ring (bicyclic) bond motifs is 3. The number of methoxy groups -OCH3 is 2. The molecule has 2 aliphatic rings. The van der Waals surface area contributed by atoms with Crippen molar-refractivity contribution in [1.29, 1.82) is 0 Å². The van der Waals surface area contributed by atoms with Gasteiger partial charge in [-0.2, -0.15) is 0 Å². The number of anilines is 1. The van der Waals surface area contributed by atoms with E-state index in [1.807, 2.05) is 13.8 Å². The summed E-state index contributed by atoms with van der Waals surface area (Å²) < 4.78 is 16.7. The summed E-state index contributed by atoms with van der Waals surface area (Å²) >= 11 is 0. The molecule has 0 unspecified atom stereocenters. The third-order valence-electron chi connectivity index (χ3n) is 4.86. The molecule has 0 saturated carbocycles. The molecule has 3 atom stereocenters. The summed E-state index contributed by atoms with van der Waals surface area (Å²) in [6.45, 7) is 5.36. The van der Waals surface area contributed by atoms with Crippen molar-refractivity contribution in [3.63, 3.8) is 0 Å². The lowest BCUT2D eigenvalue weighted by Crippen LogP contribution is -2.19. The Balaban J connectivity index is 2.13. The smallest absolute Gasteiger partial charge is 0.302 e. The van der Waals surface area contributed by atoms with Crippen LogP contribution in [0.15, 0.2) is 24.3 Å². The van der Waals surface area contributed by atoms with Crippen LogP contribution < -0.4 is 14.8 Å². The van der Waals surface area contributed by atoms with Gasteiger partial charge >= 0.3 is 5.97 Å². The minimum Gasteiger partial charge on any atom is -0.493 e. The molecule has 0 radical (unpaired) electrons. The molecular weight excluding hydrogens is 318 g/mol. The number of benzene rings is 1. The number of nitrogens with one attached hydrogen (secondary N) is 1. The first-order chi connectivity index (χ1) is 12.0. The van der Waals surface area contributed by atoms with Crippen molar-refractivity contribution in [2.75, 3.05) is 19.5 Å². The highest BCUT2D eigenvalue weighted by Gasteiger charge is 2.37. The van der Waals surface area contributed by atoms with Gasteiger partial charge in [-0.05, 0) is 19.4 Å². The van der Waals surface area contributed by atoms with Crippen LogP contribution in [0.2, 0.25) is 0 Å². The van der Waals surface area contributed by atoms with Gasteiger partial charge < -0.3 is 19.5 Å². The SMILES string of the molecule is COc1c(C)c(C[C@@H](C)OC(C)=O)c2c(c1OC)[C@H]1C=CC=C[C@H]1N2. The average Bonchev–Trinajstić information content (AvgIpc) is 2.95. The number of allylic oxidation sites excluding steroid dienone is 2. The monoisotopic (exact) mass is 343 g/mol. The van der Waals surface area contributed by atoms with Gasteiger partial charge in [0.2, 0.25) is 0 Å². The van der Waals surface area contributed by atoms with Gasteiger partial charge in [0.15, 0.2) is 11.5 Å². The van der Waals surface area contributed by atoms with Gasteiger partial charge in [-0.1, -0.05) is 24.3 Å². The number of rotatable bonds is 5. The molecule has 0 spiro atoms. The Morgan fingerprint density at radius 2 is 1.88 bits per heavy atom. The molecule has 5 nitrogen and oxygen atoms in total. The number of esters is 1. The lowest BCUT2D eigenvalue weighted by molar-refractivity contribution is -0.145. The second-order valence-electron chi connectivity index (χ2n) is 6.55. The number of carbonyl (C=O) groups excluding carboxylic acids is 1. The Morgan fingerprint density at radius 1 is 1.20 bits per heavy atom. The number of ether oxygens (including phenoxy) is 3.